The zero-order valence-corrected chi connectivity index (χ0v) is 5.26. The summed E-state index contributed by atoms with van der Waals surface area (Å²) in [7, 11) is 1.72. The number of nitrogens with zero attached hydrogens (tertiary/aromatic N) is 2. The predicted molar refractivity (Wildman–Crippen MR) is 37.7 cm³/mol. The number of allylic oxidation sites excluding steroid dienone is 1. The van der Waals surface area contributed by atoms with Crippen molar-refractivity contribution in [2.24, 2.45) is 9.98 Å². The lowest BCUT2D eigenvalue weighted by Crippen LogP contribution is -1.73. The minimum absolute atomic E-state index is 1.02. The van der Waals surface area contributed by atoms with Gasteiger partial charge in [0, 0.05) is 19.5 Å². The second kappa shape index (κ2) is 4.24. The van der Waals surface area contributed by atoms with Crippen molar-refractivity contribution in [1.82, 2.24) is 0 Å². The van der Waals surface area contributed by atoms with Gasteiger partial charge >= 0.3 is 0 Å². The van der Waals surface area contributed by atoms with E-state index in [0.717, 1.165) is 5.57 Å². The molecule has 0 bridgehead atoms. The van der Waals surface area contributed by atoms with Gasteiger partial charge in [0.1, 0.15) is 0 Å². The van der Waals surface area contributed by atoms with Gasteiger partial charge in [0.25, 0.3) is 0 Å². The maximum atomic E-state index is 3.77. The fourth-order valence-corrected chi connectivity index (χ4v) is 0.381. The van der Waals surface area contributed by atoms with Crippen LogP contribution in [0.2, 0.25) is 0 Å². The molecular weight excluding hydrogens is 100 g/mol. The number of rotatable bonds is 2. The van der Waals surface area contributed by atoms with E-state index in [9.17, 15) is 0 Å². The Labute approximate surface area is 49.7 Å². The van der Waals surface area contributed by atoms with Gasteiger partial charge in [-0.05, 0) is 19.2 Å². The molecule has 0 radical (unpaired) electrons. The minimum atomic E-state index is 1.02. The van der Waals surface area contributed by atoms with Crippen LogP contribution in [0.5, 0.6) is 0 Å². The maximum Gasteiger partial charge on any atom is 0.0304 e. The first-order chi connectivity index (χ1) is 3.81. The Hall–Kier alpha value is -0.920. The molecule has 0 saturated heterocycles. The Balaban J connectivity index is 3.79. The van der Waals surface area contributed by atoms with Crippen LogP contribution in [0.3, 0.4) is 0 Å². The predicted octanol–water partition coefficient (Wildman–Crippen LogP) is 1.29. The van der Waals surface area contributed by atoms with Crippen LogP contribution in [0.1, 0.15) is 6.92 Å². The van der Waals surface area contributed by atoms with Gasteiger partial charge in [-0.25, -0.2) is 0 Å². The highest BCUT2D eigenvalue weighted by Gasteiger charge is 1.74. The van der Waals surface area contributed by atoms with Crippen molar-refractivity contribution in [3.8, 4) is 0 Å². The van der Waals surface area contributed by atoms with Crippen LogP contribution >= 0.6 is 0 Å². The Morgan fingerprint density at radius 3 is 2.62 bits per heavy atom. The topological polar surface area (TPSA) is 24.7 Å². The van der Waals surface area contributed by atoms with Gasteiger partial charge in [0.05, 0.1) is 0 Å². The summed E-state index contributed by atoms with van der Waals surface area (Å²) in [5.41, 5.74) is 1.02. The summed E-state index contributed by atoms with van der Waals surface area (Å²) in [5.74, 6) is 0. The van der Waals surface area contributed by atoms with Crippen LogP contribution in [-0.2, 0) is 0 Å². The van der Waals surface area contributed by atoms with E-state index in [2.05, 4.69) is 16.7 Å². The molecule has 0 aliphatic heterocycles. The zero-order valence-electron chi connectivity index (χ0n) is 5.26. The molecule has 0 unspecified atom stereocenters. The molecule has 0 aromatic heterocycles. The van der Waals surface area contributed by atoms with Gasteiger partial charge in [-0.15, -0.1) is 0 Å². The molecule has 0 spiro atoms. The third-order valence-electron chi connectivity index (χ3n) is 0.628. The van der Waals surface area contributed by atoms with Gasteiger partial charge in [0.2, 0.25) is 0 Å². The van der Waals surface area contributed by atoms with Gasteiger partial charge < -0.3 is 0 Å². The van der Waals surface area contributed by atoms with E-state index in [4.69, 9.17) is 0 Å². The monoisotopic (exact) mass is 110 g/mol. The summed E-state index contributed by atoms with van der Waals surface area (Å²) in [4.78, 5) is 7.32. The first-order valence-electron chi connectivity index (χ1n) is 2.36. The summed E-state index contributed by atoms with van der Waals surface area (Å²) < 4.78 is 0. The number of aliphatic imine (C=N–C) groups is 2. The molecule has 0 amide bonds. The lowest BCUT2D eigenvalue weighted by atomic mass is 10.4. The maximum absolute atomic E-state index is 3.77. The zero-order chi connectivity index (χ0) is 6.41. The van der Waals surface area contributed by atoms with E-state index in [0.29, 0.717) is 0 Å². The summed E-state index contributed by atoms with van der Waals surface area (Å²) in [6.45, 7) is 5.21. The molecule has 0 aliphatic rings. The molecule has 0 heterocycles. The highest BCUT2D eigenvalue weighted by Crippen LogP contribution is 1.85. The molecule has 0 atom stereocenters. The first kappa shape index (κ1) is 7.08. The van der Waals surface area contributed by atoms with Gasteiger partial charge in [0.15, 0.2) is 0 Å². The van der Waals surface area contributed by atoms with Crippen LogP contribution in [0.25, 0.3) is 0 Å². The SMILES string of the molecule is C=NC=C(C)C=NC. The molecule has 0 saturated carbocycles. The van der Waals surface area contributed by atoms with Crippen LogP contribution < -0.4 is 0 Å². The standard InChI is InChI=1S/C6H10N2/c1-6(4-7-2)5-8-3/h4-5H,2H2,1,3H3. The highest BCUT2D eigenvalue weighted by molar-refractivity contribution is 5.77. The molecule has 0 rings (SSSR count). The molecule has 44 valence electrons. The molecule has 2 nitrogen and oxygen atoms in total. The molecule has 0 aromatic carbocycles. The van der Waals surface area contributed by atoms with Gasteiger partial charge in [-0.3, -0.25) is 9.98 Å². The van der Waals surface area contributed by atoms with Crippen LogP contribution in [0.4, 0.5) is 0 Å². The summed E-state index contributed by atoms with van der Waals surface area (Å²) in [6.07, 6.45) is 3.39. The largest absolute Gasteiger partial charge is 0.296 e. The molecule has 0 fully saturated rings. The fourth-order valence-electron chi connectivity index (χ4n) is 0.381. The third-order valence-corrected chi connectivity index (χ3v) is 0.628. The van der Waals surface area contributed by atoms with Crippen molar-refractivity contribution in [1.29, 1.82) is 0 Å². The Kier molecular flexibility index (Phi) is 3.76. The van der Waals surface area contributed by atoms with Crippen molar-refractivity contribution in [3.63, 3.8) is 0 Å². The van der Waals surface area contributed by atoms with E-state index in [1.54, 1.807) is 19.5 Å². The average molecular weight is 110 g/mol. The van der Waals surface area contributed by atoms with Crippen molar-refractivity contribution in [2.45, 2.75) is 6.92 Å². The van der Waals surface area contributed by atoms with Crippen LogP contribution in [0.15, 0.2) is 21.8 Å². The van der Waals surface area contributed by atoms with Gasteiger partial charge in [-0.2, -0.15) is 0 Å². The normalized spacial score (nSPS) is 12.5. The quantitative estimate of drug-likeness (QED) is 0.478. The number of hydrogen-bond acceptors (Lipinski definition) is 2. The fraction of sp³-hybridized carbons (Fsp3) is 0.333. The van der Waals surface area contributed by atoms with Crippen molar-refractivity contribution in [2.75, 3.05) is 7.05 Å². The molecule has 0 aromatic rings. The molecule has 2 heteroatoms. The molecule has 0 aliphatic carbocycles. The van der Waals surface area contributed by atoms with E-state index in [-0.39, 0.29) is 0 Å². The minimum Gasteiger partial charge on any atom is -0.296 e. The van der Waals surface area contributed by atoms with Crippen LogP contribution in [0, 0.1) is 0 Å². The average Bonchev–Trinajstić information content (AvgIpc) is 1.68. The summed E-state index contributed by atoms with van der Waals surface area (Å²) in [6, 6.07) is 0. The Bertz CT molecular complexity index is 122. The first-order valence-corrected chi connectivity index (χ1v) is 2.36. The summed E-state index contributed by atoms with van der Waals surface area (Å²) >= 11 is 0. The second-order valence-electron chi connectivity index (χ2n) is 1.44. The Morgan fingerprint density at radius 1 is 1.62 bits per heavy atom. The molecule has 8 heavy (non-hydrogen) atoms. The van der Waals surface area contributed by atoms with E-state index < -0.39 is 0 Å². The molecular formula is C6H10N2. The van der Waals surface area contributed by atoms with Crippen molar-refractivity contribution >= 4 is 12.9 Å². The second-order valence-corrected chi connectivity index (χ2v) is 1.44. The summed E-state index contributed by atoms with van der Waals surface area (Å²) in [5, 5.41) is 0. The lowest BCUT2D eigenvalue weighted by molar-refractivity contribution is 1.42. The Morgan fingerprint density at radius 2 is 2.25 bits per heavy atom. The van der Waals surface area contributed by atoms with E-state index >= 15 is 0 Å². The smallest absolute Gasteiger partial charge is 0.0304 e. The van der Waals surface area contributed by atoms with E-state index in [1.807, 2.05) is 6.92 Å². The molecule has 0 N–H and O–H groups in total. The number of hydrogen-bond donors (Lipinski definition) is 0. The van der Waals surface area contributed by atoms with Crippen molar-refractivity contribution < 1.29 is 0 Å². The van der Waals surface area contributed by atoms with Gasteiger partial charge in [-0.1, -0.05) is 0 Å². The van der Waals surface area contributed by atoms with Crippen LogP contribution in [-0.4, -0.2) is 20.0 Å². The lowest BCUT2D eigenvalue weighted by Gasteiger charge is -1.81. The van der Waals surface area contributed by atoms with E-state index in [1.165, 1.54) is 0 Å². The van der Waals surface area contributed by atoms with Crippen molar-refractivity contribution in [3.05, 3.63) is 11.8 Å². The third kappa shape index (κ3) is 3.28. The highest BCUT2D eigenvalue weighted by atomic mass is 14.7.